The molecule has 1 aliphatic rings. The lowest BCUT2D eigenvalue weighted by molar-refractivity contribution is -0.155. The van der Waals surface area contributed by atoms with Crippen molar-refractivity contribution in [3.8, 4) is 0 Å². The summed E-state index contributed by atoms with van der Waals surface area (Å²) in [6.45, 7) is 3.00. The number of aliphatic hydroxyl groups excluding tert-OH is 1. The summed E-state index contributed by atoms with van der Waals surface area (Å²) >= 11 is 0. The highest BCUT2D eigenvalue weighted by Gasteiger charge is 2.23. The number of rotatable bonds is 2. The first-order valence-corrected chi connectivity index (χ1v) is 4.30. The van der Waals surface area contributed by atoms with Crippen LogP contribution in [0.2, 0.25) is 0 Å². The van der Waals surface area contributed by atoms with E-state index in [0.717, 1.165) is 13.0 Å². The van der Waals surface area contributed by atoms with E-state index in [4.69, 9.17) is 5.11 Å². The average Bonchev–Trinajstić information content (AvgIpc) is 1.97. The van der Waals surface area contributed by atoms with Crippen LogP contribution < -0.4 is 0 Å². The number of amides is 1. The molecule has 1 unspecified atom stereocenters. The lowest BCUT2D eigenvalue weighted by Gasteiger charge is -2.36. The van der Waals surface area contributed by atoms with Crippen LogP contribution in [-0.4, -0.2) is 47.3 Å². The first-order valence-electron chi connectivity index (χ1n) is 4.30. The molecule has 1 rings (SSSR count). The van der Waals surface area contributed by atoms with E-state index in [-0.39, 0.29) is 5.91 Å². The second kappa shape index (κ2) is 3.87. The highest BCUT2D eigenvalue weighted by Crippen LogP contribution is 2.10. The SMILES string of the molecule is CC(O)CN1C(=O)CCCN1C. The minimum Gasteiger partial charge on any atom is -0.392 e. The smallest absolute Gasteiger partial charge is 0.236 e. The van der Waals surface area contributed by atoms with Crippen LogP contribution in [0.4, 0.5) is 0 Å². The summed E-state index contributed by atoms with van der Waals surface area (Å²) in [5, 5.41) is 12.6. The van der Waals surface area contributed by atoms with Crippen molar-refractivity contribution in [1.82, 2.24) is 10.0 Å². The van der Waals surface area contributed by atoms with Gasteiger partial charge in [-0.3, -0.25) is 9.80 Å². The van der Waals surface area contributed by atoms with Gasteiger partial charge in [0.1, 0.15) is 0 Å². The van der Waals surface area contributed by atoms with Crippen LogP contribution in [0, 0.1) is 0 Å². The quantitative estimate of drug-likeness (QED) is 0.629. The second-order valence-electron chi connectivity index (χ2n) is 3.31. The zero-order valence-corrected chi connectivity index (χ0v) is 7.66. The summed E-state index contributed by atoms with van der Waals surface area (Å²) in [6, 6.07) is 0. The first kappa shape index (κ1) is 9.48. The number of carbonyl (C=O) groups excluding carboxylic acids is 1. The molecule has 70 valence electrons. The molecule has 0 aromatic rings. The summed E-state index contributed by atoms with van der Waals surface area (Å²) in [6.07, 6.45) is 1.08. The Hall–Kier alpha value is -0.610. The molecule has 1 heterocycles. The van der Waals surface area contributed by atoms with Gasteiger partial charge in [0.15, 0.2) is 0 Å². The predicted octanol–water partition coefficient (Wildman–Crippen LogP) is -0.164. The van der Waals surface area contributed by atoms with Gasteiger partial charge in [0, 0.05) is 20.0 Å². The van der Waals surface area contributed by atoms with Gasteiger partial charge in [-0.1, -0.05) is 0 Å². The average molecular weight is 172 g/mol. The van der Waals surface area contributed by atoms with Crippen LogP contribution in [0.5, 0.6) is 0 Å². The molecule has 0 spiro atoms. The number of hydrogen-bond donors (Lipinski definition) is 1. The third kappa shape index (κ3) is 2.19. The highest BCUT2D eigenvalue weighted by atomic mass is 16.3. The van der Waals surface area contributed by atoms with Crippen LogP contribution in [0.1, 0.15) is 19.8 Å². The van der Waals surface area contributed by atoms with Gasteiger partial charge >= 0.3 is 0 Å². The van der Waals surface area contributed by atoms with E-state index in [0.29, 0.717) is 13.0 Å². The van der Waals surface area contributed by atoms with Crippen molar-refractivity contribution < 1.29 is 9.90 Å². The number of nitrogens with zero attached hydrogens (tertiary/aromatic N) is 2. The molecule has 0 aromatic carbocycles. The van der Waals surface area contributed by atoms with E-state index in [2.05, 4.69) is 0 Å². The van der Waals surface area contributed by atoms with Gasteiger partial charge in [-0.25, -0.2) is 5.01 Å². The molecule has 12 heavy (non-hydrogen) atoms. The molecule has 0 aliphatic carbocycles. The highest BCUT2D eigenvalue weighted by molar-refractivity contribution is 5.76. The molecule has 1 aliphatic heterocycles. The van der Waals surface area contributed by atoms with Crippen molar-refractivity contribution in [3.63, 3.8) is 0 Å². The summed E-state index contributed by atoms with van der Waals surface area (Å²) in [4.78, 5) is 11.3. The zero-order valence-electron chi connectivity index (χ0n) is 7.66. The van der Waals surface area contributed by atoms with Gasteiger partial charge in [0.2, 0.25) is 5.91 Å². The maximum absolute atomic E-state index is 11.3. The third-order valence-electron chi connectivity index (χ3n) is 2.01. The number of aliphatic hydroxyl groups is 1. The van der Waals surface area contributed by atoms with Crippen LogP contribution in [0.15, 0.2) is 0 Å². The van der Waals surface area contributed by atoms with Gasteiger partial charge in [-0.2, -0.15) is 0 Å². The molecule has 0 bridgehead atoms. The van der Waals surface area contributed by atoms with Crippen molar-refractivity contribution in [3.05, 3.63) is 0 Å². The Morgan fingerprint density at radius 3 is 2.83 bits per heavy atom. The van der Waals surface area contributed by atoms with E-state index in [1.54, 1.807) is 11.9 Å². The van der Waals surface area contributed by atoms with E-state index in [9.17, 15) is 4.79 Å². The van der Waals surface area contributed by atoms with E-state index in [1.807, 2.05) is 12.1 Å². The molecule has 4 nitrogen and oxygen atoms in total. The Labute approximate surface area is 72.7 Å². The second-order valence-corrected chi connectivity index (χ2v) is 3.31. The van der Waals surface area contributed by atoms with Gasteiger partial charge in [0.25, 0.3) is 0 Å². The molecular formula is C8H16N2O2. The maximum Gasteiger partial charge on any atom is 0.236 e. The van der Waals surface area contributed by atoms with E-state index >= 15 is 0 Å². The molecule has 1 saturated heterocycles. The Bertz CT molecular complexity index is 170. The van der Waals surface area contributed by atoms with E-state index in [1.165, 1.54) is 0 Å². The molecule has 0 saturated carbocycles. The lowest BCUT2D eigenvalue weighted by Crippen LogP contribution is -2.50. The van der Waals surface area contributed by atoms with Gasteiger partial charge in [-0.15, -0.1) is 0 Å². The minimum atomic E-state index is -0.450. The molecule has 1 atom stereocenters. The van der Waals surface area contributed by atoms with Gasteiger partial charge in [0.05, 0.1) is 12.6 Å². The third-order valence-corrected chi connectivity index (χ3v) is 2.01. The number of β-amino-alcohol motifs (C(OH)–C–C–N with tert-alkyl or cyclic N) is 1. The molecule has 0 aromatic heterocycles. The largest absolute Gasteiger partial charge is 0.392 e. The zero-order chi connectivity index (χ0) is 9.14. The van der Waals surface area contributed by atoms with Gasteiger partial charge in [-0.05, 0) is 13.3 Å². The van der Waals surface area contributed by atoms with Crippen LogP contribution in [0.25, 0.3) is 0 Å². The summed E-state index contributed by atoms with van der Waals surface area (Å²) < 4.78 is 0. The Kier molecular flexibility index (Phi) is 3.05. The first-order chi connectivity index (χ1) is 5.61. The van der Waals surface area contributed by atoms with Crippen molar-refractivity contribution >= 4 is 5.91 Å². The number of carbonyl (C=O) groups is 1. The molecular weight excluding hydrogens is 156 g/mol. The normalized spacial score (nSPS) is 22.9. The maximum atomic E-state index is 11.3. The Morgan fingerprint density at radius 1 is 1.67 bits per heavy atom. The minimum absolute atomic E-state index is 0.115. The Balaban J connectivity index is 2.51. The topological polar surface area (TPSA) is 43.8 Å². The van der Waals surface area contributed by atoms with Crippen molar-refractivity contribution in [1.29, 1.82) is 0 Å². The summed E-state index contributed by atoms with van der Waals surface area (Å²) in [5.74, 6) is 0.115. The summed E-state index contributed by atoms with van der Waals surface area (Å²) in [7, 11) is 1.87. The monoisotopic (exact) mass is 172 g/mol. The molecule has 4 heteroatoms. The summed E-state index contributed by atoms with van der Waals surface area (Å²) in [5.41, 5.74) is 0. The van der Waals surface area contributed by atoms with Gasteiger partial charge < -0.3 is 5.11 Å². The fourth-order valence-electron chi connectivity index (χ4n) is 1.39. The van der Waals surface area contributed by atoms with Crippen molar-refractivity contribution in [2.75, 3.05) is 20.1 Å². The van der Waals surface area contributed by atoms with Crippen molar-refractivity contribution in [2.45, 2.75) is 25.9 Å². The van der Waals surface area contributed by atoms with Crippen molar-refractivity contribution in [2.24, 2.45) is 0 Å². The fraction of sp³-hybridized carbons (Fsp3) is 0.875. The van der Waals surface area contributed by atoms with Crippen LogP contribution in [0.3, 0.4) is 0 Å². The lowest BCUT2D eigenvalue weighted by atomic mass is 10.2. The molecule has 1 N–H and O–H groups in total. The molecule has 0 radical (unpaired) electrons. The standard InChI is InChI=1S/C8H16N2O2/c1-7(11)6-10-8(12)4-3-5-9(10)2/h7,11H,3-6H2,1-2H3. The number of hydrogen-bond acceptors (Lipinski definition) is 3. The predicted molar refractivity (Wildman–Crippen MR) is 45.3 cm³/mol. The number of hydrazine groups is 1. The Morgan fingerprint density at radius 2 is 2.33 bits per heavy atom. The van der Waals surface area contributed by atoms with E-state index < -0.39 is 6.10 Å². The molecule has 1 fully saturated rings. The van der Waals surface area contributed by atoms with Crippen LogP contribution in [-0.2, 0) is 4.79 Å². The fourth-order valence-corrected chi connectivity index (χ4v) is 1.39. The molecule has 1 amide bonds. The van der Waals surface area contributed by atoms with Crippen LogP contribution >= 0.6 is 0 Å².